The first-order valence-corrected chi connectivity index (χ1v) is 8.42. The minimum atomic E-state index is -4.71. The molecule has 0 N–H and O–H groups in total. The van der Waals surface area contributed by atoms with E-state index in [1.165, 1.54) is 18.2 Å². The maximum atomic E-state index is 13.6. The number of hydrogen-bond donors (Lipinski definition) is 0. The summed E-state index contributed by atoms with van der Waals surface area (Å²) in [6.07, 6.45) is -4.71. The Morgan fingerprint density at radius 2 is 1.75 bits per heavy atom. The van der Waals surface area contributed by atoms with Crippen LogP contribution in [0, 0.1) is 5.82 Å². The van der Waals surface area contributed by atoms with Crippen LogP contribution in [0.1, 0.15) is 11.1 Å². The largest absolute Gasteiger partial charge is 0.416 e. The molecule has 0 spiro atoms. The Hall–Kier alpha value is -1.64. The van der Waals surface area contributed by atoms with Crippen LogP contribution in [0.25, 0.3) is 0 Å². The van der Waals surface area contributed by atoms with Crippen molar-refractivity contribution in [1.29, 1.82) is 0 Å². The van der Waals surface area contributed by atoms with Gasteiger partial charge in [-0.1, -0.05) is 29.8 Å². The van der Waals surface area contributed by atoms with E-state index < -0.39 is 32.5 Å². The summed E-state index contributed by atoms with van der Waals surface area (Å²) < 4.78 is 77.7. The van der Waals surface area contributed by atoms with E-state index >= 15 is 0 Å². The second kappa shape index (κ2) is 6.70. The minimum absolute atomic E-state index is 0.0895. The molecule has 24 heavy (non-hydrogen) atoms. The van der Waals surface area contributed by atoms with Gasteiger partial charge in [0.05, 0.1) is 10.6 Å². The number of benzene rings is 2. The fraction of sp³-hybridized carbons (Fsp3) is 0.200. The van der Waals surface area contributed by atoms with Crippen molar-refractivity contribution in [2.24, 2.45) is 0 Å². The molecule has 0 heterocycles. The van der Waals surface area contributed by atoms with Gasteiger partial charge in [-0.25, -0.2) is 12.8 Å². The monoisotopic (exact) mass is 381 g/mol. The second-order valence-electron chi connectivity index (χ2n) is 5.00. The Morgan fingerprint density at radius 3 is 2.33 bits per heavy atom. The highest BCUT2D eigenvalue weighted by atomic mass is 35.5. The zero-order chi connectivity index (χ0) is 18.1. The molecule has 0 amide bonds. The van der Waals surface area contributed by atoms with E-state index in [9.17, 15) is 26.0 Å². The van der Waals surface area contributed by atoms with E-state index in [4.69, 9.17) is 11.6 Å². The van der Waals surface area contributed by atoms with Crippen molar-refractivity contribution in [3.63, 3.8) is 0 Å². The van der Waals surface area contributed by atoms with Crippen LogP contribution in [0.3, 0.4) is 0 Å². The third-order valence-corrected chi connectivity index (χ3v) is 5.58. The quantitative estimate of drug-likeness (QED) is 0.740. The number of halogens is 5. The zero-order valence-electron chi connectivity index (χ0n) is 12.3. The van der Waals surface area contributed by atoms with Crippen molar-refractivity contribution in [1.82, 2.24) is 4.31 Å². The summed E-state index contributed by atoms with van der Waals surface area (Å²) in [5.74, 6) is -0.616. The molecule has 2 aromatic carbocycles. The second-order valence-corrected chi connectivity index (χ2v) is 7.42. The normalized spacial score (nSPS) is 12.6. The van der Waals surface area contributed by atoms with Gasteiger partial charge in [-0.2, -0.15) is 17.5 Å². The molecule has 0 aromatic heterocycles. The summed E-state index contributed by atoms with van der Waals surface area (Å²) in [7, 11) is -3.20. The fourth-order valence-corrected chi connectivity index (χ4v) is 3.64. The van der Waals surface area contributed by atoms with Crippen LogP contribution in [0.2, 0.25) is 5.02 Å². The van der Waals surface area contributed by atoms with Gasteiger partial charge in [0.25, 0.3) is 0 Å². The molecule has 0 saturated carbocycles. The molecule has 0 atom stereocenters. The van der Waals surface area contributed by atoms with Crippen molar-refractivity contribution in [2.45, 2.75) is 17.6 Å². The number of nitrogens with zero attached hydrogens (tertiary/aromatic N) is 1. The van der Waals surface area contributed by atoms with E-state index in [1.54, 1.807) is 0 Å². The minimum Gasteiger partial charge on any atom is -0.207 e. The lowest BCUT2D eigenvalue weighted by atomic mass is 10.2. The first-order chi connectivity index (χ1) is 11.0. The Kier molecular flexibility index (Phi) is 5.22. The molecule has 0 aliphatic heterocycles. The molecule has 0 bridgehead atoms. The van der Waals surface area contributed by atoms with Crippen LogP contribution >= 0.6 is 11.6 Å². The van der Waals surface area contributed by atoms with Crippen LogP contribution in [0.15, 0.2) is 47.4 Å². The van der Waals surface area contributed by atoms with Crippen LogP contribution in [0.4, 0.5) is 17.6 Å². The molecule has 0 aliphatic carbocycles. The van der Waals surface area contributed by atoms with Crippen LogP contribution < -0.4 is 0 Å². The highest BCUT2D eigenvalue weighted by Crippen LogP contribution is 2.34. The number of alkyl halides is 3. The number of sulfonamides is 1. The molecule has 2 aromatic rings. The van der Waals surface area contributed by atoms with Crippen molar-refractivity contribution >= 4 is 21.6 Å². The molecule has 0 aliphatic rings. The van der Waals surface area contributed by atoms with E-state index in [-0.39, 0.29) is 17.1 Å². The van der Waals surface area contributed by atoms with Gasteiger partial charge in [0.15, 0.2) is 0 Å². The smallest absolute Gasteiger partial charge is 0.207 e. The van der Waals surface area contributed by atoms with E-state index in [2.05, 4.69) is 0 Å². The van der Waals surface area contributed by atoms with Crippen molar-refractivity contribution < 1.29 is 26.0 Å². The van der Waals surface area contributed by atoms with Crippen molar-refractivity contribution in [3.8, 4) is 0 Å². The number of hydrogen-bond acceptors (Lipinski definition) is 2. The Bertz CT molecular complexity index is 853. The summed E-state index contributed by atoms with van der Waals surface area (Å²) in [6, 6.07) is 7.54. The highest BCUT2D eigenvalue weighted by molar-refractivity contribution is 7.89. The van der Waals surface area contributed by atoms with Crippen LogP contribution in [-0.4, -0.2) is 19.8 Å². The van der Waals surface area contributed by atoms with Crippen LogP contribution in [-0.2, 0) is 22.7 Å². The lowest BCUT2D eigenvalue weighted by Crippen LogP contribution is -2.27. The predicted octanol–water partition coefficient (Wildman–Crippen LogP) is 4.32. The third-order valence-electron chi connectivity index (χ3n) is 3.30. The summed E-state index contributed by atoms with van der Waals surface area (Å²) in [4.78, 5) is -0.683. The molecular weight excluding hydrogens is 370 g/mol. The van der Waals surface area contributed by atoms with Gasteiger partial charge >= 0.3 is 6.18 Å². The van der Waals surface area contributed by atoms with Crippen LogP contribution in [0.5, 0.6) is 0 Å². The average Bonchev–Trinajstić information content (AvgIpc) is 2.48. The van der Waals surface area contributed by atoms with Gasteiger partial charge in [0, 0.05) is 19.2 Å². The molecule has 3 nitrogen and oxygen atoms in total. The van der Waals surface area contributed by atoms with E-state index in [0.29, 0.717) is 12.1 Å². The topological polar surface area (TPSA) is 37.4 Å². The summed E-state index contributed by atoms with van der Waals surface area (Å²) in [6.45, 7) is -0.346. The van der Waals surface area contributed by atoms with Crippen molar-refractivity contribution in [3.05, 3.63) is 64.4 Å². The molecule has 0 radical (unpaired) electrons. The van der Waals surface area contributed by atoms with E-state index in [0.717, 1.165) is 23.5 Å². The first kappa shape index (κ1) is 18.7. The fourth-order valence-electron chi connectivity index (χ4n) is 2.00. The standard InChI is InChI=1S/C15H12ClF4NO2S/c1-21(9-10-4-2-3-5-13(10)17)24(22,23)14-8-11(15(18,19)20)6-7-12(14)16/h2-8H,9H2,1H3. The van der Waals surface area contributed by atoms with Gasteiger partial charge in [-0.3, -0.25) is 0 Å². The summed E-state index contributed by atoms with van der Waals surface area (Å²) >= 11 is 5.76. The zero-order valence-corrected chi connectivity index (χ0v) is 13.9. The number of rotatable bonds is 4. The molecule has 9 heteroatoms. The Balaban J connectivity index is 2.41. The van der Waals surface area contributed by atoms with Gasteiger partial charge < -0.3 is 0 Å². The third kappa shape index (κ3) is 3.88. The molecule has 0 saturated heterocycles. The summed E-state index contributed by atoms with van der Waals surface area (Å²) in [5.41, 5.74) is -1.04. The maximum Gasteiger partial charge on any atom is 0.416 e. The molecule has 130 valence electrons. The van der Waals surface area contributed by atoms with E-state index in [1.807, 2.05) is 0 Å². The Morgan fingerprint density at radius 1 is 1.12 bits per heavy atom. The van der Waals surface area contributed by atoms with Crippen molar-refractivity contribution in [2.75, 3.05) is 7.05 Å². The predicted molar refractivity (Wildman–Crippen MR) is 81.5 cm³/mol. The highest BCUT2D eigenvalue weighted by Gasteiger charge is 2.33. The molecule has 2 rings (SSSR count). The van der Waals surface area contributed by atoms with Gasteiger partial charge in [0.1, 0.15) is 10.7 Å². The Labute approximate surface area is 141 Å². The lowest BCUT2D eigenvalue weighted by Gasteiger charge is -2.19. The lowest BCUT2D eigenvalue weighted by molar-refractivity contribution is -0.137. The van der Waals surface area contributed by atoms with Gasteiger partial charge in [-0.05, 0) is 24.3 Å². The molecular formula is C15H12ClF4NO2S. The first-order valence-electron chi connectivity index (χ1n) is 6.60. The SMILES string of the molecule is CN(Cc1ccccc1F)S(=O)(=O)c1cc(C(F)(F)F)ccc1Cl. The van der Waals surface area contributed by atoms with Gasteiger partial charge in [0.2, 0.25) is 10.0 Å². The average molecular weight is 382 g/mol. The summed E-state index contributed by atoms with van der Waals surface area (Å²) in [5, 5.41) is -0.344. The molecule has 0 fully saturated rings. The maximum absolute atomic E-state index is 13.6. The molecule has 0 unspecified atom stereocenters. The van der Waals surface area contributed by atoms with Gasteiger partial charge in [-0.15, -0.1) is 0 Å².